The second kappa shape index (κ2) is 7.21. The van der Waals surface area contributed by atoms with Gasteiger partial charge in [0.2, 0.25) is 0 Å². The molecule has 20 heavy (non-hydrogen) atoms. The molecule has 0 aliphatic rings. The molecule has 0 radical (unpaired) electrons. The maximum atomic E-state index is 13.6. The molecule has 1 atom stereocenters. The summed E-state index contributed by atoms with van der Waals surface area (Å²) in [6.07, 6.45) is 0.768. The Morgan fingerprint density at radius 1 is 1.25 bits per heavy atom. The van der Waals surface area contributed by atoms with Gasteiger partial charge in [0.05, 0.1) is 0 Å². The van der Waals surface area contributed by atoms with Gasteiger partial charge >= 0.3 is 0 Å². The van der Waals surface area contributed by atoms with Crippen molar-refractivity contribution in [2.45, 2.75) is 19.4 Å². The average molecular weight is 357 g/mol. The molecule has 0 saturated heterocycles. The molecule has 0 aliphatic carbocycles. The fourth-order valence-corrected chi connectivity index (χ4v) is 2.93. The molecule has 2 rings (SSSR count). The van der Waals surface area contributed by atoms with Crippen molar-refractivity contribution in [3.63, 3.8) is 0 Å². The normalized spacial score (nSPS) is 12.4. The summed E-state index contributed by atoms with van der Waals surface area (Å²) in [7, 11) is 0. The van der Waals surface area contributed by atoms with E-state index >= 15 is 0 Å². The first kappa shape index (κ1) is 15.5. The predicted molar refractivity (Wildman–Crippen MR) is 85.7 cm³/mol. The van der Waals surface area contributed by atoms with Crippen LogP contribution in [0.25, 0.3) is 0 Å². The molecule has 0 bridgehead atoms. The molecule has 0 amide bonds. The molecule has 4 heteroatoms. The van der Waals surface area contributed by atoms with Gasteiger partial charge in [-0.3, -0.25) is 0 Å². The minimum absolute atomic E-state index is 0.0606. The van der Waals surface area contributed by atoms with Crippen molar-refractivity contribution in [3.8, 4) is 0 Å². The molecule has 0 aliphatic heterocycles. The molecule has 1 N–H and O–H groups in total. The van der Waals surface area contributed by atoms with Gasteiger partial charge in [-0.05, 0) is 54.4 Å². The highest BCUT2D eigenvalue weighted by Crippen LogP contribution is 2.24. The highest BCUT2D eigenvalue weighted by Gasteiger charge is 2.13. The number of hydrogen-bond acceptors (Lipinski definition) is 1. The Morgan fingerprint density at radius 2 is 2.05 bits per heavy atom. The summed E-state index contributed by atoms with van der Waals surface area (Å²) in [5, 5.41) is 4.11. The van der Waals surface area contributed by atoms with Crippen LogP contribution in [0.2, 0.25) is 5.02 Å². The summed E-state index contributed by atoms with van der Waals surface area (Å²) in [5.74, 6) is -0.233. The van der Waals surface area contributed by atoms with E-state index in [9.17, 15) is 4.39 Å². The largest absolute Gasteiger partial charge is 0.310 e. The van der Waals surface area contributed by atoms with Gasteiger partial charge in [0, 0.05) is 15.5 Å². The topological polar surface area (TPSA) is 12.0 Å². The molecule has 0 fully saturated rings. The van der Waals surface area contributed by atoms with E-state index in [0.29, 0.717) is 0 Å². The predicted octanol–water partition coefficient (Wildman–Crippen LogP) is 5.13. The quantitative estimate of drug-likeness (QED) is 0.782. The lowest BCUT2D eigenvalue weighted by atomic mass is 9.99. The van der Waals surface area contributed by atoms with Crippen molar-refractivity contribution in [2.75, 3.05) is 6.54 Å². The van der Waals surface area contributed by atoms with Crippen molar-refractivity contribution in [3.05, 3.63) is 68.9 Å². The highest BCUT2D eigenvalue weighted by atomic mass is 79.9. The molecular weight excluding hydrogens is 341 g/mol. The maximum absolute atomic E-state index is 13.6. The number of likely N-dealkylation sites (N-methyl/N-ethyl adjacent to an activating group) is 1. The lowest BCUT2D eigenvalue weighted by Gasteiger charge is -2.19. The van der Waals surface area contributed by atoms with Gasteiger partial charge in [-0.25, -0.2) is 4.39 Å². The minimum atomic E-state index is -0.233. The first-order chi connectivity index (χ1) is 9.58. The molecule has 2 aromatic rings. The lowest BCUT2D eigenvalue weighted by molar-refractivity contribution is 0.542. The zero-order valence-electron chi connectivity index (χ0n) is 11.2. The van der Waals surface area contributed by atoms with E-state index in [4.69, 9.17) is 11.6 Å². The van der Waals surface area contributed by atoms with Crippen LogP contribution in [0.1, 0.15) is 24.1 Å². The van der Waals surface area contributed by atoms with Crippen molar-refractivity contribution in [1.82, 2.24) is 5.32 Å². The number of nitrogens with one attached hydrogen (secondary N) is 1. The zero-order valence-corrected chi connectivity index (χ0v) is 13.5. The van der Waals surface area contributed by atoms with Crippen LogP contribution in [0.15, 0.2) is 46.9 Å². The van der Waals surface area contributed by atoms with E-state index in [-0.39, 0.29) is 11.9 Å². The highest BCUT2D eigenvalue weighted by molar-refractivity contribution is 9.10. The SMILES string of the molecule is CCNC(Cc1cccc(Cl)c1)c1cc(F)cc(Br)c1. The second-order valence-corrected chi connectivity index (χ2v) is 6.00. The van der Waals surface area contributed by atoms with Crippen molar-refractivity contribution >= 4 is 27.5 Å². The van der Waals surface area contributed by atoms with Gasteiger partial charge < -0.3 is 5.32 Å². The standard InChI is InChI=1S/C16H16BrClFN/c1-2-20-16(7-11-4-3-5-14(18)6-11)12-8-13(17)10-15(19)9-12/h3-6,8-10,16,20H,2,7H2,1H3. The molecule has 0 saturated carbocycles. The fourth-order valence-electron chi connectivity index (χ4n) is 2.23. The average Bonchev–Trinajstić information content (AvgIpc) is 2.37. The molecule has 0 aromatic heterocycles. The third-order valence-electron chi connectivity index (χ3n) is 3.07. The van der Waals surface area contributed by atoms with E-state index in [0.717, 1.165) is 33.6 Å². The summed E-state index contributed by atoms with van der Waals surface area (Å²) in [4.78, 5) is 0. The summed E-state index contributed by atoms with van der Waals surface area (Å²) >= 11 is 9.35. The van der Waals surface area contributed by atoms with Crippen LogP contribution in [-0.2, 0) is 6.42 Å². The first-order valence-corrected chi connectivity index (χ1v) is 7.69. The molecular formula is C16H16BrClFN. The zero-order chi connectivity index (χ0) is 14.5. The van der Waals surface area contributed by atoms with E-state index in [1.165, 1.54) is 6.07 Å². The van der Waals surface area contributed by atoms with Crippen LogP contribution in [0.4, 0.5) is 4.39 Å². The second-order valence-electron chi connectivity index (χ2n) is 4.65. The molecule has 1 nitrogen and oxygen atoms in total. The summed E-state index contributed by atoms with van der Waals surface area (Å²) in [5.41, 5.74) is 2.06. The van der Waals surface area contributed by atoms with E-state index in [1.807, 2.05) is 37.3 Å². The monoisotopic (exact) mass is 355 g/mol. The Hall–Kier alpha value is -0.900. The minimum Gasteiger partial charge on any atom is -0.310 e. The third-order valence-corrected chi connectivity index (χ3v) is 3.76. The van der Waals surface area contributed by atoms with Crippen LogP contribution in [0.5, 0.6) is 0 Å². The Morgan fingerprint density at radius 3 is 2.70 bits per heavy atom. The number of benzene rings is 2. The van der Waals surface area contributed by atoms with Crippen LogP contribution >= 0.6 is 27.5 Å². The summed E-state index contributed by atoms with van der Waals surface area (Å²) in [6.45, 7) is 2.86. The van der Waals surface area contributed by atoms with Crippen LogP contribution in [0, 0.1) is 5.82 Å². The van der Waals surface area contributed by atoms with Gasteiger partial charge in [0.15, 0.2) is 0 Å². The van der Waals surface area contributed by atoms with Crippen molar-refractivity contribution in [2.24, 2.45) is 0 Å². The Labute approximate surface area is 132 Å². The van der Waals surface area contributed by atoms with Crippen LogP contribution in [0.3, 0.4) is 0 Å². The van der Waals surface area contributed by atoms with E-state index in [1.54, 1.807) is 6.07 Å². The Balaban J connectivity index is 2.26. The number of hydrogen-bond donors (Lipinski definition) is 1. The Bertz CT molecular complexity index is 568. The van der Waals surface area contributed by atoms with Gasteiger partial charge in [-0.15, -0.1) is 0 Å². The number of rotatable bonds is 5. The Kier molecular flexibility index (Phi) is 5.58. The van der Waals surface area contributed by atoms with Gasteiger partial charge in [-0.1, -0.05) is 46.6 Å². The molecule has 106 valence electrons. The smallest absolute Gasteiger partial charge is 0.124 e. The van der Waals surface area contributed by atoms with E-state index < -0.39 is 0 Å². The molecule has 0 heterocycles. The summed E-state index contributed by atoms with van der Waals surface area (Å²) < 4.78 is 14.3. The fraction of sp³-hybridized carbons (Fsp3) is 0.250. The molecule has 0 spiro atoms. The lowest BCUT2D eigenvalue weighted by Crippen LogP contribution is -2.23. The number of halogens is 3. The van der Waals surface area contributed by atoms with Crippen molar-refractivity contribution in [1.29, 1.82) is 0 Å². The van der Waals surface area contributed by atoms with Crippen molar-refractivity contribution < 1.29 is 4.39 Å². The molecule has 2 aromatic carbocycles. The third kappa shape index (κ3) is 4.30. The van der Waals surface area contributed by atoms with Gasteiger partial charge in [-0.2, -0.15) is 0 Å². The van der Waals surface area contributed by atoms with Gasteiger partial charge in [0.1, 0.15) is 5.82 Å². The molecule has 1 unspecified atom stereocenters. The van der Waals surface area contributed by atoms with Gasteiger partial charge in [0.25, 0.3) is 0 Å². The summed E-state index contributed by atoms with van der Waals surface area (Å²) in [6, 6.07) is 12.8. The van der Waals surface area contributed by atoms with Crippen LogP contribution in [-0.4, -0.2) is 6.54 Å². The van der Waals surface area contributed by atoms with E-state index in [2.05, 4.69) is 21.2 Å². The maximum Gasteiger partial charge on any atom is 0.124 e. The first-order valence-electron chi connectivity index (χ1n) is 6.52. The van der Waals surface area contributed by atoms with Crippen LogP contribution < -0.4 is 5.32 Å².